The van der Waals surface area contributed by atoms with Crippen molar-refractivity contribution in [1.29, 1.82) is 0 Å². The summed E-state index contributed by atoms with van der Waals surface area (Å²) in [5.41, 5.74) is 3.10. The number of rotatable bonds is 2. The summed E-state index contributed by atoms with van der Waals surface area (Å²) in [7, 11) is 1.39. The van der Waals surface area contributed by atoms with Crippen LogP contribution < -0.4 is 0 Å². The van der Waals surface area contributed by atoms with E-state index in [9.17, 15) is 9.59 Å². The zero-order valence-corrected chi connectivity index (χ0v) is 16.8. The number of fused-ring (bicyclic) bond motifs is 1. The first kappa shape index (κ1) is 18.6. The van der Waals surface area contributed by atoms with Crippen LogP contribution in [0.15, 0.2) is 58.7 Å². The summed E-state index contributed by atoms with van der Waals surface area (Å²) in [6.45, 7) is 6.06. The summed E-state index contributed by atoms with van der Waals surface area (Å²) in [5, 5.41) is 2.15. The molecule has 1 unspecified atom stereocenters. The maximum atomic E-state index is 13.2. The minimum absolute atomic E-state index is 0.0920. The van der Waals surface area contributed by atoms with Gasteiger partial charge in [-0.2, -0.15) is 0 Å². The number of aliphatic imine (C=N–C) groups is 1. The molecule has 0 fully saturated rings. The zero-order chi connectivity index (χ0) is 20.1. The van der Waals surface area contributed by atoms with Crippen LogP contribution in [-0.2, 0) is 14.3 Å². The van der Waals surface area contributed by atoms with E-state index in [1.54, 1.807) is 0 Å². The molecule has 1 aliphatic heterocycles. The Labute approximate surface area is 165 Å². The first-order valence-electron chi connectivity index (χ1n) is 9.69. The van der Waals surface area contributed by atoms with Crippen LogP contribution in [0.3, 0.4) is 0 Å². The summed E-state index contributed by atoms with van der Waals surface area (Å²) < 4.78 is 5.13. The van der Waals surface area contributed by atoms with Crippen LogP contribution in [0.5, 0.6) is 0 Å². The first-order valence-corrected chi connectivity index (χ1v) is 9.69. The molecule has 0 N–H and O–H groups in total. The Hall–Kier alpha value is -2.75. The fourth-order valence-electron chi connectivity index (χ4n) is 4.74. The van der Waals surface area contributed by atoms with E-state index in [1.807, 2.05) is 31.2 Å². The highest BCUT2D eigenvalue weighted by atomic mass is 16.5. The van der Waals surface area contributed by atoms with Crippen LogP contribution in [0.2, 0.25) is 0 Å². The van der Waals surface area contributed by atoms with Crippen molar-refractivity contribution in [2.45, 2.75) is 39.5 Å². The second-order valence-electron chi connectivity index (χ2n) is 8.60. The number of benzene rings is 2. The van der Waals surface area contributed by atoms with Crippen molar-refractivity contribution in [3.63, 3.8) is 0 Å². The van der Waals surface area contributed by atoms with Crippen LogP contribution in [0.25, 0.3) is 10.8 Å². The molecule has 1 heterocycles. The number of methoxy groups -OCH3 is 1. The number of carbonyl (C=O) groups excluding carboxylic acids is 2. The molecule has 0 spiro atoms. The number of esters is 1. The lowest BCUT2D eigenvalue weighted by molar-refractivity contribution is -0.143. The van der Waals surface area contributed by atoms with Gasteiger partial charge in [0.15, 0.2) is 5.78 Å². The number of Topliss-reactive ketones (excluding diaryl/α,β-unsaturated/α-hetero) is 1. The molecule has 0 saturated carbocycles. The fourth-order valence-corrected chi connectivity index (χ4v) is 4.74. The smallest absolute Gasteiger partial charge is 0.315 e. The van der Waals surface area contributed by atoms with Gasteiger partial charge in [-0.25, -0.2) is 0 Å². The lowest BCUT2D eigenvalue weighted by atomic mass is 9.66. The molecule has 2 aromatic carbocycles. The molecule has 4 heteroatoms. The van der Waals surface area contributed by atoms with E-state index in [-0.39, 0.29) is 23.1 Å². The van der Waals surface area contributed by atoms with Gasteiger partial charge in [-0.3, -0.25) is 14.6 Å². The molecule has 2 aromatic rings. The number of hydrogen-bond donors (Lipinski definition) is 0. The van der Waals surface area contributed by atoms with Crippen molar-refractivity contribution in [3.05, 3.63) is 59.3 Å². The van der Waals surface area contributed by atoms with Gasteiger partial charge in [0.1, 0.15) is 5.92 Å². The largest absolute Gasteiger partial charge is 0.468 e. The van der Waals surface area contributed by atoms with E-state index in [2.05, 4.69) is 32.0 Å². The van der Waals surface area contributed by atoms with Gasteiger partial charge >= 0.3 is 5.97 Å². The highest BCUT2D eigenvalue weighted by Crippen LogP contribution is 2.48. The molecule has 0 bridgehead atoms. The highest BCUT2D eigenvalue weighted by molar-refractivity contribution is 6.10. The normalized spacial score (nSPS) is 24.0. The average Bonchev–Trinajstić information content (AvgIpc) is 2.65. The van der Waals surface area contributed by atoms with Crippen LogP contribution in [0.1, 0.15) is 45.1 Å². The van der Waals surface area contributed by atoms with Crippen molar-refractivity contribution in [2.75, 3.05) is 7.11 Å². The molecule has 4 rings (SSSR count). The minimum Gasteiger partial charge on any atom is -0.468 e. The Morgan fingerprint density at radius 3 is 2.57 bits per heavy atom. The predicted molar refractivity (Wildman–Crippen MR) is 110 cm³/mol. The van der Waals surface area contributed by atoms with Gasteiger partial charge in [-0.1, -0.05) is 56.3 Å². The number of hydrogen-bond acceptors (Lipinski definition) is 4. The molecule has 0 aromatic heterocycles. The maximum absolute atomic E-state index is 13.2. The molecular formula is C24H25NO3. The third-order valence-electron chi connectivity index (χ3n) is 5.92. The lowest BCUT2D eigenvalue weighted by Gasteiger charge is -2.39. The molecule has 1 aliphatic carbocycles. The average molecular weight is 375 g/mol. The highest BCUT2D eigenvalue weighted by Gasteiger charge is 2.46. The topological polar surface area (TPSA) is 55.7 Å². The number of carbonyl (C=O) groups is 2. The van der Waals surface area contributed by atoms with Crippen molar-refractivity contribution in [1.82, 2.24) is 0 Å². The SMILES string of the molecule is COC(=O)C1C(C)=NC2=C(C(=O)CC(C)(C)C2)[C@H]1c1cccc2ccccc12. The third kappa shape index (κ3) is 2.97. The standard InChI is InChI=1S/C24H25NO3/c1-14-20(23(27)28-4)21(17-11-7-9-15-8-5-6-10-16(15)17)22-18(25-14)12-24(2,3)13-19(22)26/h5-11,20-21H,12-13H2,1-4H3/t20?,21-/m0/s1. The molecule has 0 radical (unpaired) electrons. The van der Waals surface area contributed by atoms with E-state index in [4.69, 9.17) is 9.73 Å². The van der Waals surface area contributed by atoms with Crippen molar-refractivity contribution < 1.29 is 14.3 Å². The molecule has 4 nitrogen and oxygen atoms in total. The van der Waals surface area contributed by atoms with Crippen LogP contribution in [0, 0.1) is 11.3 Å². The Bertz CT molecular complexity index is 1040. The molecular weight excluding hydrogens is 350 g/mol. The molecule has 0 saturated heterocycles. The summed E-state index contributed by atoms with van der Waals surface area (Å²) in [6, 6.07) is 14.2. The predicted octanol–water partition coefficient (Wildman–Crippen LogP) is 4.83. The Kier molecular flexibility index (Phi) is 4.45. The third-order valence-corrected chi connectivity index (χ3v) is 5.92. The van der Waals surface area contributed by atoms with Crippen molar-refractivity contribution >= 4 is 28.2 Å². The summed E-state index contributed by atoms with van der Waals surface area (Å²) in [6.07, 6.45) is 1.20. The molecule has 28 heavy (non-hydrogen) atoms. The second-order valence-corrected chi connectivity index (χ2v) is 8.60. The van der Waals surface area contributed by atoms with Gasteiger partial charge < -0.3 is 4.74 Å². The Morgan fingerprint density at radius 1 is 1.11 bits per heavy atom. The lowest BCUT2D eigenvalue weighted by Crippen LogP contribution is -2.39. The summed E-state index contributed by atoms with van der Waals surface area (Å²) in [4.78, 5) is 30.7. The second kappa shape index (κ2) is 6.69. The monoisotopic (exact) mass is 375 g/mol. The van der Waals surface area contributed by atoms with E-state index in [0.717, 1.165) is 28.5 Å². The van der Waals surface area contributed by atoms with Gasteiger partial charge in [-0.05, 0) is 35.1 Å². The Balaban J connectivity index is 1.99. The number of ketones is 1. The first-order chi connectivity index (χ1) is 13.3. The molecule has 2 aliphatic rings. The van der Waals surface area contributed by atoms with E-state index < -0.39 is 5.92 Å². The van der Waals surface area contributed by atoms with E-state index in [1.165, 1.54) is 7.11 Å². The van der Waals surface area contributed by atoms with Gasteiger partial charge in [0.25, 0.3) is 0 Å². The number of allylic oxidation sites excluding steroid dienone is 2. The van der Waals surface area contributed by atoms with Gasteiger partial charge in [-0.15, -0.1) is 0 Å². The quantitative estimate of drug-likeness (QED) is 0.707. The van der Waals surface area contributed by atoms with E-state index in [0.29, 0.717) is 17.7 Å². The number of ether oxygens (including phenoxy) is 1. The molecule has 144 valence electrons. The van der Waals surface area contributed by atoms with Crippen LogP contribution in [-0.4, -0.2) is 24.6 Å². The summed E-state index contributed by atoms with van der Waals surface area (Å²) >= 11 is 0. The summed E-state index contributed by atoms with van der Waals surface area (Å²) in [5.74, 6) is -1.20. The van der Waals surface area contributed by atoms with Gasteiger partial charge in [0.2, 0.25) is 0 Å². The maximum Gasteiger partial charge on any atom is 0.315 e. The minimum atomic E-state index is -0.584. The number of nitrogens with zero attached hydrogens (tertiary/aromatic N) is 1. The molecule has 0 amide bonds. The van der Waals surface area contributed by atoms with Crippen molar-refractivity contribution in [2.24, 2.45) is 16.3 Å². The van der Waals surface area contributed by atoms with E-state index >= 15 is 0 Å². The van der Waals surface area contributed by atoms with Crippen LogP contribution in [0.4, 0.5) is 0 Å². The Morgan fingerprint density at radius 2 is 1.82 bits per heavy atom. The fraction of sp³-hybridized carbons (Fsp3) is 0.375. The van der Waals surface area contributed by atoms with Gasteiger partial charge in [0, 0.05) is 29.3 Å². The molecule has 2 atom stereocenters. The zero-order valence-electron chi connectivity index (χ0n) is 16.8. The van der Waals surface area contributed by atoms with Crippen molar-refractivity contribution in [3.8, 4) is 0 Å². The van der Waals surface area contributed by atoms with Gasteiger partial charge in [0.05, 0.1) is 7.11 Å². The van der Waals surface area contributed by atoms with Crippen LogP contribution >= 0.6 is 0 Å².